The average molecular weight is 419 g/mol. The first-order chi connectivity index (χ1) is 15.1. The summed E-state index contributed by atoms with van der Waals surface area (Å²) < 4.78 is 11.6. The molecule has 0 aromatic carbocycles. The summed E-state index contributed by atoms with van der Waals surface area (Å²) in [5.41, 5.74) is 7.29. The topological polar surface area (TPSA) is 114 Å². The molecule has 9 nitrogen and oxygen atoms in total. The van der Waals surface area contributed by atoms with Gasteiger partial charge in [0.05, 0.1) is 53.7 Å². The number of hydrogen-bond donors (Lipinski definition) is 3. The van der Waals surface area contributed by atoms with Crippen LogP contribution >= 0.6 is 0 Å². The van der Waals surface area contributed by atoms with Crippen LogP contribution in [-0.4, -0.2) is 55.7 Å². The number of H-pyrrole nitrogens is 2. The van der Waals surface area contributed by atoms with Crippen LogP contribution in [0.5, 0.6) is 5.88 Å². The summed E-state index contributed by atoms with van der Waals surface area (Å²) in [5, 5.41) is 18.3. The Morgan fingerprint density at radius 3 is 2.90 bits per heavy atom. The van der Waals surface area contributed by atoms with Crippen LogP contribution in [0.3, 0.4) is 0 Å². The van der Waals surface area contributed by atoms with E-state index in [4.69, 9.17) is 14.5 Å². The predicted octanol–water partition coefficient (Wildman–Crippen LogP) is 3.18. The molecular formula is C22H25N7O2. The minimum absolute atomic E-state index is 0.0698. The maximum absolute atomic E-state index is 5.85. The lowest BCUT2D eigenvalue weighted by molar-refractivity contribution is -0.0631. The third-order valence-electron chi connectivity index (χ3n) is 5.65. The second kappa shape index (κ2) is 7.99. The van der Waals surface area contributed by atoms with Crippen LogP contribution in [0.25, 0.3) is 22.3 Å². The SMILES string of the molecule is CCOc1ncccc1-c1cc(NC2CO[C@@H]2Cc2c[nH]nc2C)c2n[nH]c(C)c2n1. The van der Waals surface area contributed by atoms with E-state index >= 15 is 0 Å². The van der Waals surface area contributed by atoms with Gasteiger partial charge in [0.15, 0.2) is 0 Å². The van der Waals surface area contributed by atoms with Crippen molar-refractivity contribution < 1.29 is 9.47 Å². The van der Waals surface area contributed by atoms with Crippen LogP contribution in [0.15, 0.2) is 30.6 Å². The van der Waals surface area contributed by atoms with E-state index in [2.05, 4.69) is 30.7 Å². The summed E-state index contributed by atoms with van der Waals surface area (Å²) in [5.74, 6) is 0.573. The normalized spacial score (nSPS) is 18.2. The van der Waals surface area contributed by atoms with Gasteiger partial charge in [-0.15, -0.1) is 0 Å². The van der Waals surface area contributed by atoms with E-state index in [1.165, 1.54) is 5.56 Å². The molecule has 0 amide bonds. The van der Waals surface area contributed by atoms with E-state index in [1.807, 2.05) is 45.2 Å². The molecule has 0 spiro atoms. The lowest BCUT2D eigenvalue weighted by Gasteiger charge is -2.38. The first-order valence-electron chi connectivity index (χ1n) is 10.4. The fourth-order valence-corrected chi connectivity index (χ4v) is 3.86. The van der Waals surface area contributed by atoms with Crippen LogP contribution in [0, 0.1) is 13.8 Å². The predicted molar refractivity (Wildman–Crippen MR) is 117 cm³/mol. The van der Waals surface area contributed by atoms with Gasteiger partial charge in [0, 0.05) is 18.8 Å². The smallest absolute Gasteiger partial charge is 0.222 e. The number of fused-ring (bicyclic) bond motifs is 1. The minimum atomic E-state index is 0.0698. The van der Waals surface area contributed by atoms with Gasteiger partial charge in [0.2, 0.25) is 5.88 Å². The number of aromatic amines is 2. The van der Waals surface area contributed by atoms with Crippen LogP contribution in [-0.2, 0) is 11.2 Å². The number of pyridine rings is 2. The first-order valence-corrected chi connectivity index (χ1v) is 10.4. The van der Waals surface area contributed by atoms with Gasteiger partial charge in [-0.1, -0.05) is 0 Å². The molecule has 1 aliphatic heterocycles. The molecule has 1 aliphatic rings. The Hall–Kier alpha value is -3.46. The molecule has 0 bridgehead atoms. The highest BCUT2D eigenvalue weighted by molar-refractivity contribution is 5.92. The molecule has 5 rings (SSSR count). The lowest BCUT2D eigenvalue weighted by atomic mass is 9.98. The number of aromatic nitrogens is 6. The lowest BCUT2D eigenvalue weighted by Crippen LogP contribution is -2.51. The number of nitrogens with zero attached hydrogens (tertiary/aromatic N) is 4. The molecule has 1 fully saturated rings. The zero-order valence-electron chi connectivity index (χ0n) is 17.8. The van der Waals surface area contributed by atoms with Crippen molar-refractivity contribution in [3.8, 4) is 17.1 Å². The van der Waals surface area contributed by atoms with E-state index in [9.17, 15) is 0 Å². The van der Waals surface area contributed by atoms with Crippen LogP contribution in [0.1, 0.15) is 23.9 Å². The standard InChI is InChI=1S/C22H25N7O2/c1-4-30-22-15(6-5-7-23-22)16-9-17(21-20(26-16)13(3)28-29-21)25-18-11-31-19(18)8-14-10-24-27-12(14)2/h5-7,9-10,18-19H,4,8,11H2,1-3H3,(H,24,27)(H,25,26)(H,28,29)/t18?,19-/m1/s1. The third kappa shape index (κ3) is 3.61. The molecule has 2 atom stereocenters. The molecule has 9 heteroatoms. The van der Waals surface area contributed by atoms with Crippen molar-refractivity contribution in [1.82, 2.24) is 30.4 Å². The van der Waals surface area contributed by atoms with Crippen LogP contribution in [0.4, 0.5) is 5.69 Å². The Labute approximate surface area is 179 Å². The van der Waals surface area contributed by atoms with Gasteiger partial charge in [-0.3, -0.25) is 10.2 Å². The van der Waals surface area contributed by atoms with Crippen LogP contribution in [0.2, 0.25) is 0 Å². The number of hydrogen-bond acceptors (Lipinski definition) is 7. The number of nitrogens with one attached hydrogen (secondary N) is 3. The molecule has 5 heterocycles. The fourth-order valence-electron chi connectivity index (χ4n) is 3.86. The van der Waals surface area contributed by atoms with Gasteiger partial charge in [-0.25, -0.2) is 9.97 Å². The third-order valence-corrected chi connectivity index (χ3v) is 5.65. The molecule has 0 radical (unpaired) electrons. The molecule has 0 aliphatic carbocycles. The number of ether oxygens (including phenoxy) is 2. The molecule has 31 heavy (non-hydrogen) atoms. The van der Waals surface area contributed by atoms with E-state index in [0.29, 0.717) is 19.1 Å². The molecular weight excluding hydrogens is 394 g/mol. The summed E-state index contributed by atoms with van der Waals surface area (Å²) in [4.78, 5) is 9.23. The molecule has 4 aromatic rings. The summed E-state index contributed by atoms with van der Waals surface area (Å²) in [6.07, 6.45) is 4.53. The van der Waals surface area contributed by atoms with Gasteiger partial charge in [-0.05, 0) is 44.5 Å². The van der Waals surface area contributed by atoms with Crippen LogP contribution < -0.4 is 10.1 Å². The van der Waals surface area contributed by atoms with Crippen molar-refractivity contribution in [2.75, 3.05) is 18.5 Å². The molecule has 160 valence electrons. The zero-order valence-corrected chi connectivity index (χ0v) is 17.8. The number of anilines is 1. The van der Waals surface area contributed by atoms with Crippen molar-refractivity contribution in [2.24, 2.45) is 0 Å². The molecule has 1 saturated heterocycles. The van der Waals surface area contributed by atoms with Crippen molar-refractivity contribution in [1.29, 1.82) is 0 Å². The highest BCUT2D eigenvalue weighted by atomic mass is 16.5. The first kappa shape index (κ1) is 19.5. The second-order valence-corrected chi connectivity index (χ2v) is 7.71. The van der Waals surface area contributed by atoms with Gasteiger partial charge in [-0.2, -0.15) is 10.2 Å². The zero-order chi connectivity index (χ0) is 21.4. The molecule has 1 unspecified atom stereocenters. The van der Waals surface area contributed by atoms with E-state index < -0.39 is 0 Å². The largest absolute Gasteiger partial charge is 0.477 e. The highest BCUT2D eigenvalue weighted by Gasteiger charge is 2.33. The maximum atomic E-state index is 5.85. The summed E-state index contributed by atoms with van der Waals surface area (Å²) in [6.45, 7) is 7.10. The van der Waals surface area contributed by atoms with Gasteiger partial charge < -0.3 is 14.8 Å². The second-order valence-electron chi connectivity index (χ2n) is 7.71. The van der Waals surface area contributed by atoms with E-state index in [1.54, 1.807) is 6.20 Å². The summed E-state index contributed by atoms with van der Waals surface area (Å²) in [7, 11) is 0. The Morgan fingerprint density at radius 2 is 2.16 bits per heavy atom. The summed E-state index contributed by atoms with van der Waals surface area (Å²) >= 11 is 0. The molecule has 0 saturated carbocycles. The Kier molecular flexibility index (Phi) is 5.03. The Bertz CT molecular complexity index is 1220. The number of aryl methyl sites for hydroxylation is 2. The summed E-state index contributed by atoms with van der Waals surface area (Å²) in [6, 6.07) is 6.05. The van der Waals surface area contributed by atoms with Gasteiger partial charge >= 0.3 is 0 Å². The van der Waals surface area contributed by atoms with Crippen molar-refractivity contribution in [2.45, 2.75) is 39.3 Å². The van der Waals surface area contributed by atoms with Crippen molar-refractivity contribution in [3.63, 3.8) is 0 Å². The van der Waals surface area contributed by atoms with E-state index in [0.717, 1.165) is 45.8 Å². The van der Waals surface area contributed by atoms with Crippen molar-refractivity contribution in [3.05, 3.63) is 47.5 Å². The van der Waals surface area contributed by atoms with Gasteiger partial charge in [0.1, 0.15) is 11.0 Å². The highest BCUT2D eigenvalue weighted by Crippen LogP contribution is 2.34. The average Bonchev–Trinajstić information content (AvgIpc) is 3.35. The monoisotopic (exact) mass is 419 g/mol. The molecule has 4 aromatic heterocycles. The Morgan fingerprint density at radius 1 is 1.26 bits per heavy atom. The minimum Gasteiger partial charge on any atom is -0.477 e. The van der Waals surface area contributed by atoms with E-state index in [-0.39, 0.29) is 12.1 Å². The quantitative estimate of drug-likeness (QED) is 0.421. The van der Waals surface area contributed by atoms with Crippen molar-refractivity contribution >= 4 is 16.7 Å². The van der Waals surface area contributed by atoms with Gasteiger partial charge in [0.25, 0.3) is 0 Å². The Balaban J connectivity index is 1.48. The molecule has 3 N–H and O–H groups in total. The number of rotatable bonds is 7. The fraction of sp³-hybridized carbons (Fsp3) is 0.364. The maximum Gasteiger partial charge on any atom is 0.222 e.